The van der Waals surface area contributed by atoms with Crippen LogP contribution in [0.3, 0.4) is 0 Å². The zero-order chi connectivity index (χ0) is 20.0. The van der Waals surface area contributed by atoms with E-state index in [0.717, 1.165) is 27.9 Å². The molecular formula is C21H26N4OS. The first-order chi connectivity index (χ1) is 13.0. The number of thiophene rings is 1. The SMILES string of the molecule is CC.Cc1ccc(NC=Nc2c(C=O)sc3nccc(N(C)C)c23)cc1C. The largest absolute Gasteiger partial charge is 0.377 e. The van der Waals surface area contributed by atoms with E-state index in [1.165, 1.54) is 22.5 Å². The van der Waals surface area contributed by atoms with Gasteiger partial charge in [-0.2, -0.15) is 0 Å². The van der Waals surface area contributed by atoms with E-state index in [0.29, 0.717) is 10.6 Å². The molecule has 0 atom stereocenters. The highest BCUT2D eigenvalue weighted by atomic mass is 32.1. The molecule has 6 heteroatoms. The minimum Gasteiger partial charge on any atom is -0.377 e. The summed E-state index contributed by atoms with van der Waals surface area (Å²) < 4.78 is 0. The fourth-order valence-electron chi connectivity index (χ4n) is 2.59. The average molecular weight is 383 g/mol. The molecule has 0 aliphatic heterocycles. The van der Waals surface area contributed by atoms with Gasteiger partial charge in [-0.25, -0.2) is 9.98 Å². The molecular weight excluding hydrogens is 356 g/mol. The number of benzene rings is 1. The number of aromatic nitrogens is 1. The van der Waals surface area contributed by atoms with Crippen LogP contribution in [0.5, 0.6) is 0 Å². The Bertz CT molecular complexity index is 960. The molecule has 142 valence electrons. The van der Waals surface area contributed by atoms with E-state index in [1.807, 2.05) is 45.0 Å². The summed E-state index contributed by atoms with van der Waals surface area (Å²) in [5.41, 5.74) is 5.07. The number of nitrogens with zero attached hydrogens (tertiary/aromatic N) is 3. The highest BCUT2D eigenvalue weighted by Gasteiger charge is 2.16. The summed E-state index contributed by atoms with van der Waals surface area (Å²) in [5, 5.41) is 4.08. The molecule has 5 nitrogen and oxygen atoms in total. The van der Waals surface area contributed by atoms with Crippen LogP contribution in [0.2, 0.25) is 0 Å². The number of anilines is 2. The lowest BCUT2D eigenvalue weighted by Gasteiger charge is -2.13. The number of aryl methyl sites for hydroxylation is 2. The molecule has 0 saturated carbocycles. The van der Waals surface area contributed by atoms with Crippen molar-refractivity contribution in [3.05, 3.63) is 46.5 Å². The van der Waals surface area contributed by atoms with Gasteiger partial charge in [-0.15, -0.1) is 11.3 Å². The van der Waals surface area contributed by atoms with E-state index >= 15 is 0 Å². The molecule has 0 unspecified atom stereocenters. The van der Waals surface area contributed by atoms with Gasteiger partial charge in [0.05, 0.1) is 28.0 Å². The minimum absolute atomic E-state index is 0.579. The Balaban J connectivity index is 0.00000126. The van der Waals surface area contributed by atoms with Gasteiger partial charge in [-0.05, 0) is 43.2 Å². The van der Waals surface area contributed by atoms with Gasteiger partial charge < -0.3 is 10.2 Å². The quantitative estimate of drug-likeness (QED) is 0.355. The fraction of sp³-hybridized carbons (Fsp3) is 0.286. The third-order valence-corrected chi connectivity index (χ3v) is 5.10. The van der Waals surface area contributed by atoms with E-state index in [-0.39, 0.29) is 0 Å². The van der Waals surface area contributed by atoms with Crippen molar-refractivity contribution in [2.24, 2.45) is 4.99 Å². The van der Waals surface area contributed by atoms with Crippen molar-refractivity contribution in [3.63, 3.8) is 0 Å². The number of hydrogen-bond donors (Lipinski definition) is 1. The van der Waals surface area contributed by atoms with Gasteiger partial charge in [0.15, 0.2) is 6.29 Å². The van der Waals surface area contributed by atoms with Crippen LogP contribution in [0.15, 0.2) is 35.5 Å². The maximum atomic E-state index is 11.5. The van der Waals surface area contributed by atoms with Gasteiger partial charge in [-0.1, -0.05) is 19.9 Å². The summed E-state index contributed by atoms with van der Waals surface area (Å²) in [4.78, 5) is 23.8. The molecule has 0 spiro atoms. The standard InChI is InChI=1S/C19H20N4OS.C2H6/c1-12-5-6-14(9-13(12)2)21-11-22-18-16(10-24)25-19-17(18)15(23(3)4)7-8-20-19;1-2/h5-11H,1-4H3,(H,21,22);1-2H3. The summed E-state index contributed by atoms with van der Waals surface area (Å²) in [5.74, 6) is 0. The fourth-order valence-corrected chi connectivity index (χ4v) is 3.52. The molecule has 2 aromatic heterocycles. The van der Waals surface area contributed by atoms with Crippen LogP contribution in [0, 0.1) is 13.8 Å². The Hall–Kier alpha value is -2.73. The number of carbonyl (C=O) groups is 1. The van der Waals surface area contributed by atoms with E-state index in [4.69, 9.17) is 0 Å². The second kappa shape index (κ2) is 9.28. The number of aliphatic imine (C=N–C) groups is 1. The third kappa shape index (κ3) is 4.52. The number of carbonyl (C=O) groups excluding carboxylic acids is 1. The Morgan fingerprint density at radius 2 is 1.89 bits per heavy atom. The molecule has 2 heterocycles. The van der Waals surface area contributed by atoms with Crippen LogP contribution in [-0.4, -0.2) is 31.7 Å². The molecule has 0 aliphatic carbocycles. The molecule has 0 amide bonds. The molecule has 27 heavy (non-hydrogen) atoms. The van der Waals surface area contributed by atoms with Crippen LogP contribution >= 0.6 is 11.3 Å². The zero-order valence-electron chi connectivity index (χ0n) is 16.7. The Morgan fingerprint density at radius 3 is 2.52 bits per heavy atom. The van der Waals surface area contributed by atoms with Gasteiger partial charge in [0.1, 0.15) is 4.83 Å². The summed E-state index contributed by atoms with van der Waals surface area (Å²) in [7, 11) is 3.93. The first-order valence-corrected chi connectivity index (χ1v) is 9.73. The number of nitrogens with one attached hydrogen (secondary N) is 1. The zero-order valence-corrected chi connectivity index (χ0v) is 17.5. The Kier molecular flexibility index (Phi) is 7.07. The van der Waals surface area contributed by atoms with Crippen LogP contribution < -0.4 is 10.2 Å². The molecule has 0 aliphatic rings. The van der Waals surface area contributed by atoms with Crippen molar-refractivity contribution in [2.45, 2.75) is 27.7 Å². The van der Waals surface area contributed by atoms with Gasteiger partial charge in [0.25, 0.3) is 0 Å². The second-order valence-corrected chi connectivity index (χ2v) is 7.07. The van der Waals surface area contributed by atoms with Crippen LogP contribution in [0.1, 0.15) is 34.6 Å². The molecule has 0 fully saturated rings. The average Bonchev–Trinajstić information content (AvgIpc) is 3.04. The van der Waals surface area contributed by atoms with Crippen LogP contribution in [0.4, 0.5) is 17.1 Å². The number of pyridine rings is 1. The smallest absolute Gasteiger partial charge is 0.162 e. The van der Waals surface area contributed by atoms with Crippen LogP contribution in [0.25, 0.3) is 10.2 Å². The highest BCUT2D eigenvalue weighted by molar-refractivity contribution is 7.21. The number of hydrogen-bond acceptors (Lipinski definition) is 5. The first-order valence-electron chi connectivity index (χ1n) is 8.91. The summed E-state index contributed by atoms with van der Waals surface area (Å²) in [6.07, 6.45) is 4.23. The Morgan fingerprint density at radius 1 is 1.15 bits per heavy atom. The van der Waals surface area contributed by atoms with E-state index in [9.17, 15) is 4.79 Å². The van der Waals surface area contributed by atoms with Crippen molar-refractivity contribution in [2.75, 3.05) is 24.3 Å². The molecule has 0 bridgehead atoms. The molecule has 1 N–H and O–H groups in total. The summed E-state index contributed by atoms with van der Waals surface area (Å²) in [6, 6.07) is 8.07. The highest BCUT2D eigenvalue weighted by Crippen LogP contribution is 2.40. The summed E-state index contributed by atoms with van der Waals surface area (Å²) >= 11 is 1.36. The molecule has 3 aromatic rings. The molecule has 0 radical (unpaired) electrons. The topological polar surface area (TPSA) is 57.6 Å². The molecule has 1 aromatic carbocycles. The monoisotopic (exact) mass is 382 g/mol. The van der Waals surface area contributed by atoms with E-state index in [1.54, 1.807) is 12.5 Å². The van der Waals surface area contributed by atoms with Crippen molar-refractivity contribution in [1.29, 1.82) is 0 Å². The van der Waals surface area contributed by atoms with Gasteiger partial charge in [0.2, 0.25) is 0 Å². The van der Waals surface area contributed by atoms with Crippen molar-refractivity contribution in [1.82, 2.24) is 4.98 Å². The molecule has 0 saturated heterocycles. The maximum absolute atomic E-state index is 11.5. The number of fused-ring (bicyclic) bond motifs is 1. The number of rotatable bonds is 5. The predicted molar refractivity (Wildman–Crippen MR) is 118 cm³/mol. The van der Waals surface area contributed by atoms with Crippen molar-refractivity contribution >= 4 is 51.2 Å². The Labute approximate surface area is 164 Å². The van der Waals surface area contributed by atoms with Gasteiger partial charge in [0, 0.05) is 26.0 Å². The van der Waals surface area contributed by atoms with Crippen LogP contribution in [-0.2, 0) is 0 Å². The van der Waals surface area contributed by atoms with E-state index < -0.39 is 0 Å². The number of aldehydes is 1. The predicted octanol–water partition coefficient (Wildman–Crippen LogP) is 5.59. The second-order valence-electron chi connectivity index (χ2n) is 6.04. The third-order valence-electron chi connectivity index (χ3n) is 4.09. The normalized spacial score (nSPS) is 10.6. The lowest BCUT2D eigenvalue weighted by molar-refractivity contribution is 0.112. The van der Waals surface area contributed by atoms with Gasteiger partial charge >= 0.3 is 0 Å². The van der Waals surface area contributed by atoms with Crippen molar-refractivity contribution < 1.29 is 4.79 Å². The summed E-state index contributed by atoms with van der Waals surface area (Å²) in [6.45, 7) is 8.15. The lowest BCUT2D eigenvalue weighted by atomic mass is 10.1. The lowest BCUT2D eigenvalue weighted by Crippen LogP contribution is -2.08. The van der Waals surface area contributed by atoms with E-state index in [2.05, 4.69) is 41.3 Å². The minimum atomic E-state index is 0.579. The molecule has 3 rings (SSSR count). The van der Waals surface area contributed by atoms with Gasteiger partial charge in [-0.3, -0.25) is 4.79 Å². The van der Waals surface area contributed by atoms with Crippen molar-refractivity contribution in [3.8, 4) is 0 Å². The maximum Gasteiger partial charge on any atom is 0.162 e. The first kappa shape index (κ1) is 20.6.